The molecule has 0 aliphatic heterocycles. The highest BCUT2D eigenvalue weighted by Crippen LogP contribution is 2.20. The van der Waals surface area contributed by atoms with Gasteiger partial charge in [0.05, 0.1) is 32.3 Å². The van der Waals surface area contributed by atoms with Crippen LogP contribution >= 0.6 is 31.9 Å². The van der Waals surface area contributed by atoms with Gasteiger partial charge in [0.15, 0.2) is 0 Å². The normalized spacial score (nSPS) is 10.4. The molecule has 3 aromatic rings. The highest BCUT2D eigenvalue weighted by Gasteiger charge is 2.15. The highest BCUT2D eigenvalue weighted by atomic mass is 79.9. The Bertz CT molecular complexity index is 1450. The monoisotopic (exact) mass is 708 g/mol. The van der Waals surface area contributed by atoms with Crippen LogP contribution in [0.15, 0.2) is 60.6 Å². The van der Waals surface area contributed by atoms with Gasteiger partial charge in [-0.2, -0.15) is 0 Å². The first-order chi connectivity index (χ1) is 20.1. The second kappa shape index (κ2) is 18.3. The summed E-state index contributed by atoms with van der Waals surface area (Å²) in [7, 11) is 4.03. The van der Waals surface area contributed by atoms with Crippen LogP contribution in [-0.4, -0.2) is 45.0 Å². The lowest BCUT2D eigenvalue weighted by Crippen LogP contribution is -2.10. The highest BCUT2D eigenvalue weighted by molar-refractivity contribution is 9.10. The number of carbonyl (C=O) groups excluding carboxylic acids is 4. The number of fused-ring (bicyclic) bond motifs is 1. The van der Waals surface area contributed by atoms with E-state index in [0.717, 1.165) is 20.8 Å². The molecule has 0 saturated heterocycles. The SMILES string of the molecule is COC(=O)CCCCC(=O)Cc1cc(Br)ccc1C(=O)OC.COC(=O)CCCCc1cc2cc(Br)ccc2c(=O)o1. The zero-order valence-corrected chi connectivity index (χ0v) is 27.0. The molecule has 11 heteroatoms. The van der Waals surface area contributed by atoms with E-state index < -0.39 is 5.97 Å². The van der Waals surface area contributed by atoms with Crippen LogP contribution in [0.5, 0.6) is 0 Å². The zero-order valence-electron chi connectivity index (χ0n) is 23.8. The number of esters is 3. The maximum Gasteiger partial charge on any atom is 0.343 e. The van der Waals surface area contributed by atoms with Crippen LogP contribution in [-0.2, 0) is 41.4 Å². The van der Waals surface area contributed by atoms with Gasteiger partial charge in [-0.25, -0.2) is 9.59 Å². The minimum atomic E-state index is -0.457. The minimum Gasteiger partial charge on any atom is -0.469 e. The molecule has 42 heavy (non-hydrogen) atoms. The van der Waals surface area contributed by atoms with E-state index in [4.69, 9.17) is 9.15 Å². The fourth-order valence-electron chi connectivity index (χ4n) is 4.02. The predicted molar refractivity (Wildman–Crippen MR) is 164 cm³/mol. The third kappa shape index (κ3) is 11.9. The Kier molecular flexibility index (Phi) is 15.2. The van der Waals surface area contributed by atoms with E-state index in [9.17, 15) is 24.0 Å². The Morgan fingerprint density at radius 3 is 1.98 bits per heavy atom. The molecule has 1 aromatic heterocycles. The van der Waals surface area contributed by atoms with Crippen LogP contribution in [0.3, 0.4) is 0 Å². The number of halogens is 2. The molecule has 0 N–H and O–H groups in total. The second-order valence-corrected chi connectivity index (χ2v) is 11.1. The summed E-state index contributed by atoms with van der Waals surface area (Å²) in [5.74, 6) is -0.277. The Morgan fingerprint density at radius 1 is 0.738 bits per heavy atom. The molecule has 0 unspecified atom stereocenters. The van der Waals surface area contributed by atoms with Crippen molar-refractivity contribution in [2.45, 2.75) is 57.8 Å². The molecule has 0 bridgehead atoms. The second-order valence-electron chi connectivity index (χ2n) is 9.31. The molecule has 226 valence electrons. The number of ketones is 1. The van der Waals surface area contributed by atoms with Crippen LogP contribution in [0.2, 0.25) is 0 Å². The van der Waals surface area contributed by atoms with Crippen LogP contribution < -0.4 is 5.63 Å². The molecule has 0 atom stereocenters. The first kappa shape index (κ1) is 34.9. The number of hydrogen-bond donors (Lipinski definition) is 0. The van der Waals surface area contributed by atoms with E-state index in [-0.39, 0.29) is 29.8 Å². The van der Waals surface area contributed by atoms with Crippen LogP contribution in [0.25, 0.3) is 10.8 Å². The summed E-state index contributed by atoms with van der Waals surface area (Å²) in [6.45, 7) is 0. The molecule has 0 radical (unpaired) electrons. The number of carbonyl (C=O) groups is 4. The van der Waals surface area contributed by atoms with Gasteiger partial charge < -0.3 is 18.6 Å². The molecule has 1 heterocycles. The molecule has 0 fully saturated rings. The summed E-state index contributed by atoms with van der Waals surface area (Å²) >= 11 is 6.72. The number of aryl methyl sites for hydroxylation is 1. The van der Waals surface area contributed by atoms with E-state index >= 15 is 0 Å². The quantitative estimate of drug-likeness (QED) is 0.111. The Hall–Kier alpha value is -3.31. The fourth-order valence-corrected chi connectivity index (χ4v) is 4.81. The minimum absolute atomic E-state index is 0.0214. The van der Waals surface area contributed by atoms with Crippen molar-refractivity contribution in [3.63, 3.8) is 0 Å². The average Bonchev–Trinajstić information content (AvgIpc) is 2.97. The topological polar surface area (TPSA) is 126 Å². The van der Waals surface area contributed by atoms with Crippen LogP contribution in [0.4, 0.5) is 0 Å². The van der Waals surface area contributed by atoms with Crippen molar-refractivity contribution in [3.05, 3.63) is 78.7 Å². The molecule has 0 aliphatic rings. The lowest BCUT2D eigenvalue weighted by Gasteiger charge is -2.08. The third-order valence-corrected chi connectivity index (χ3v) is 7.22. The van der Waals surface area contributed by atoms with Crippen molar-refractivity contribution in [1.29, 1.82) is 0 Å². The van der Waals surface area contributed by atoms with Gasteiger partial charge in [0, 0.05) is 41.0 Å². The van der Waals surface area contributed by atoms with Crippen molar-refractivity contribution in [2.24, 2.45) is 0 Å². The first-order valence-corrected chi connectivity index (χ1v) is 14.9. The molecule has 2 aromatic carbocycles. The van der Waals surface area contributed by atoms with Gasteiger partial charge in [-0.05, 0) is 79.1 Å². The van der Waals surface area contributed by atoms with Gasteiger partial charge >= 0.3 is 23.5 Å². The maximum absolute atomic E-state index is 12.0. The average molecular weight is 710 g/mol. The van der Waals surface area contributed by atoms with E-state index in [0.29, 0.717) is 67.2 Å². The van der Waals surface area contributed by atoms with E-state index in [1.165, 1.54) is 21.3 Å². The Labute approximate surface area is 261 Å². The lowest BCUT2D eigenvalue weighted by atomic mass is 9.99. The zero-order chi connectivity index (χ0) is 31.1. The number of methoxy groups -OCH3 is 3. The summed E-state index contributed by atoms with van der Waals surface area (Å²) < 4.78 is 20.8. The number of ether oxygens (including phenoxy) is 3. The number of Topliss-reactive ketones (excluding diaryl/α,β-unsaturated/α-hetero) is 1. The summed E-state index contributed by atoms with van der Waals surface area (Å²) in [5, 5.41) is 1.44. The van der Waals surface area contributed by atoms with Crippen molar-refractivity contribution in [1.82, 2.24) is 0 Å². The van der Waals surface area contributed by atoms with Crippen molar-refractivity contribution < 1.29 is 37.8 Å². The summed E-state index contributed by atoms with van der Waals surface area (Å²) in [4.78, 5) is 57.5. The predicted octanol–water partition coefficient (Wildman–Crippen LogP) is 6.52. The lowest BCUT2D eigenvalue weighted by molar-refractivity contribution is -0.141. The Balaban J connectivity index is 0.000000294. The number of unbranched alkanes of at least 4 members (excludes halogenated alkanes) is 2. The molecular weight excluding hydrogens is 676 g/mol. The first-order valence-electron chi connectivity index (χ1n) is 13.3. The molecule has 0 aliphatic carbocycles. The van der Waals surface area contributed by atoms with Gasteiger partial charge in [0.25, 0.3) is 0 Å². The Morgan fingerprint density at radius 2 is 1.33 bits per heavy atom. The van der Waals surface area contributed by atoms with E-state index in [2.05, 4.69) is 41.3 Å². The number of hydrogen-bond acceptors (Lipinski definition) is 9. The van der Waals surface area contributed by atoms with Gasteiger partial charge in [-0.3, -0.25) is 14.4 Å². The number of rotatable bonds is 13. The summed E-state index contributed by atoms with van der Waals surface area (Å²) in [5.41, 5.74) is 0.714. The van der Waals surface area contributed by atoms with Gasteiger partial charge in [-0.1, -0.05) is 31.9 Å². The maximum atomic E-state index is 12.0. The van der Waals surface area contributed by atoms with Gasteiger partial charge in [-0.15, -0.1) is 0 Å². The van der Waals surface area contributed by atoms with Crippen LogP contribution in [0, 0.1) is 0 Å². The third-order valence-electron chi connectivity index (χ3n) is 6.23. The fraction of sp³-hybridized carbons (Fsp3) is 0.387. The van der Waals surface area contributed by atoms with E-state index in [1.807, 2.05) is 18.2 Å². The van der Waals surface area contributed by atoms with Gasteiger partial charge in [0.1, 0.15) is 11.5 Å². The number of benzene rings is 2. The van der Waals surface area contributed by atoms with Gasteiger partial charge in [0.2, 0.25) is 0 Å². The molecule has 9 nitrogen and oxygen atoms in total. The standard InChI is InChI=1S/C16H19BrO5.C15H15BrO4/c1-21-15(19)6-4-3-5-13(18)10-11-9-12(17)7-8-14(11)16(20)22-2;1-19-14(17)5-3-2-4-12-9-10-8-11(16)6-7-13(10)15(18)20-12/h7-9H,3-6,10H2,1-2H3;6-9H,2-5H2,1H3. The van der Waals surface area contributed by atoms with E-state index in [1.54, 1.807) is 24.3 Å². The molecular formula is C31H34Br2O9. The largest absolute Gasteiger partial charge is 0.469 e. The van der Waals surface area contributed by atoms with Crippen LogP contribution in [0.1, 0.15) is 66.6 Å². The molecule has 0 spiro atoms. The molecule has 0 saturated carbocycles. The van der Waals surface area contributed by atoms with Crippen molar-refractivity contribution >= 4 is 66.3 Å². The summed E-state index contributed by atoms with van der Waals surface area (Å²) in [6, 6.07) is 12.4. The smallest absolute Gasteiger partial charge is 0.343 e. The summed E-state index contributed by atoms with van der Waals surface area (Å²) in [6.07, 6.45) is 4.59. The van der Waals surface area contributed by atoms with Crippen molar-refractivity contribution in [3.8, 4) is 0 Å². The van der Waals surface area contributed by atoms with Crippen molar-refractivity contribution in [2.75, 3.05) is 21.3 Å². The molecule has 3 rings (SSSR count). The molecule has 0 amide bonds.